The number of nitrogens with one attached hydrogen (secondary N) is 1. The third-order valence-electron chi connectivity index (χ3n) is 6.49. The number of carbonyl (C=O) groups excluding carboxylic acids is 2. The van der Waals surface area contributed by atoms with E-state index in [2.05, 4.69) is 10.3 Å². The van der Waals surface area contributed by atoms with Gasteiger partial charge in [0.25, 0.3) is 5.91 Å². The summed E-state index contributed by atoms with van der Waals surface area (Å²) in [4.78, 5) is 36.3. The Bertz CT molecular complexity index is 1400. The van der Waals surface area contributed by atoms with Crippen molar-refractivity contribution in [1.29, 1.82) is 0 Å². The molecule has 8 heteroatoms. The van der Waals surface area contributed by atoms with E-state index in [-0.39, 0.29) is 17.9 Å². The number of anilines is 1. The van der Waals surface area contributed by atoms with Gasteiger partial charge in [0.05, 0.1) is 17.1 Å². The number of para-hydroxylation sites is 1. The third kappa shape index (κ3) is 5.67. The molecule has 1 aromatic heterocycles. The topological polar surface area (TPSA) is 83.9 Å². The Kier molecular flexibility index (Phi) is 6.73. The molecule has 1 N–H and O–H groups in total. The van der Waals surface area contributed by atoms with E-state index in [1.54, 1.807) is 23.2 Å². The van der Waals surface area contributed by atoms with Crippen molar-refractivity contribution in [3.8, 4) is 0 Å². The Labute approximate surface area is 221 Å². The number of rotatable bonds is 4. The smallest absolute Gasteiger partial charge is 0.410 e. The number of pyridine rings is 1. The summed E-state index contributed by atoms with van der Waals surface area (Å²) in [5, 5.41) is 3.46. The molecule has 3 aromatic rings. The van der Waals surface area contributed by atoms with Crippen LogP contribution < -0.4 is 5.32 Å². The SMILES string of the molecule is CC(C)(C)OC(=O)N1CCC(c2cccc(C(=O)Nc3cccc4c3N=C(c3ccnc(Cl)c3)C4)c2)C1. The molecule has 37 heavy (non-hydrogen) atoms. The van der Waals surface area contributed by atoms with Gasteiger partial charge in [-0.2, -0.15) is 0 Å². The van der Waals surface area contributed by atoms with Gasteiger partial charge in [-0.25, -0.2) is 14.8 Å². The number of nitrogens with zero attached hydrogens (tertiary/aromatic N) is 3. The molecule has 0 saturated carbocycles. The number of fused-ring (bicyclic) bond motifs is 1. The quantitative estimate of drug-likeness (QED) is 0.407. The second kappa shape index (κ2) is 9.98. The predicted molar refractivity (Wildman–Crippen MR) is 145 cm³/mol. The van der Waals surface area contributed by atoms with E-state index in [0.29, 0.717) is 35.9 Å². The van der Waals surface area contributed by atoms with E-state index in [4.69, 9.17) is 21.3 Å². The van der Waals surface area contributed by atoms with E-state index in [1.807, 2.05) is 63.2 Å². The maximum atomic E-state index is 13.2. The highest BCUT2D eigenvalue weighted by molar-refractivity contribution is 6.29. The van der Waals surface area contributed by atoms with Crippen molar-refractivity contribution in [2.45, 2.75) is 45.1 Å². The van der Waals surface area contributed by atoms with E-state index in [0.717, 1.165) is 34.5 Å². The fourth-order valence-corrected chi connectivity index (χ4v) is 4.90. The molecular weight excluding hydrogens is 488 g/mol. The normalized spacial score (nSPS) is 16.8. The second-order valence-electron chi connectivity index (χ2n) is 10.4. The molecule has 1 fully saturated rings. The number of amides is 2. The molecule has 0 aliphatic carbocycles. The molecule has 1 unspecified atom stereocenters. The minimum absolute atomic E-state index is 0.153. The van der Waals surface area contributed by atoms with Crippen LogP contribution in [0.4, 0.5) is 16.2 Å². The monoisotopic (exact) mass is 516 g/mol. The Hall–Kier alpha value is -3.71. The first kappa shape index (κ1) is 25.0. The minimum atomic E-state index is -0.527. The van der Waals surface area contributed by atoms with E-state index in [9.17, 15) is 9.59 Å². The van der Waals surface area contributed by atoms with Gasteiger partial charge in [0.1, 0.15) is 10.8 Å². The highest BCUT2D eigenvalue weighted by Gasteiger charge is 2.31. The summed E-state index contributed by atoms with van der Waals surface area (Å²) >= 11 is 6.06. The first-order valence-electron chi connectivity index (χ1n) is 12.4. The fourth-order valence-electron chi connectivity index (χ4n) is 4.72. The van der Waals surface area contributed by atoms with Crippen LogP contribution in [0.25, 0.3) is 0 Å². The Balaban J connectivity index is 1.30. The molecule has 0 bridgehead atoms. The lowest BCUT2D eigenvalue weighted by Gasteiger charge is -2.24. The number of aliphatic imine (C=N–C) groups is 1. The van der Waals surface area contributed by atoms with Gasteiger partial charge >= 0.3 is 6.09 Å². The van der Waals surface area contributed by atoms with Crippen LogP contribution in [-0.2, 0) is 11.2 Å². The minimum Gasteiger partial charge on any atom is -0.444 e. The van der Waals surface area contributed by atoms with Crippen molar-refractivity contribution in [1.82, 2.24) is 9.88 Å². The van der Waals surface area contributed by atoms with Gasteiger partial charge in [0.2, 0.25) is 0 Å². The lowest BCUT2D eigenvalue weighted by Crippen LogP contribution is -2.35. The van der Waals surface area contributed by atoms with Crippen LogP contribution >= 0.6 is 11.6 Å². The zero-order valence-corrected chi connectivity index (χ0v) is 21.9. The van der Waals surface area contributed by atoms with Crippen molar-refractivity contribution in [2.24, 2.45) is 4.99 Å². The van der Waals surface area contributed by atoms with E-state index >= 15 is 0 Å². The van der Waals surface area contributed by atoms with Crippen LogP contribution in [0.2, 0.25) is 5.15 Å². The Morgan fingerprint density at radius 2 is 1.92 bits per heavy atom. The summed E-state index contributed by atoms with van der Waals surface area (Å²) in [6.07, 6.45) is 2.85. The number of halogens is 1. The molecule has 190 valence electrons. The van der Waals surface area contributed by atoms with Crippen LogP contribution in [0, 0.1) is 0 Å². The van der Waals surface area contributed by atoms with E-state index < -0.39 is 5.60 Å². The Morgan fingerprint density at radius 1 is 1.11 bits per heavy atom. The van der Waals surface area contributed by atoms with E-state index in [1.165, 1.54) is 0 Å². The number of aromatic nitrogens is 1. The first-order chi connectivity index (χ1) is 17.7. The molecule has 0 spiro atoms. The molecule has 3 heterocycles. The second-order valence-corrected chi connectivity index (χ2v) is 10.8. The highest BCUT2D eigenvalue weighted by Crippen LogP contribution is 2.36. The number of hydrogen-bond acceptors (Lipinski definition) is 5. The van der Waals surface area contributed by atoms with Gasteiger partial charge < -0.3 is 15.0 Å². The highest BCUT2D eigenvalue weighted by atomic mass is 35.5. The lowest BCUT2D eigenvalue weighted by molar-refractivity contribution is 0.0292. The van der Waals surface area contributed by atoms with Crippen molar-refractivity contribution in [3.05, 3.63) is 88.2 Å². The van der Waals surface area contributed by atoms with Crippen LogP contribution in [0.15, 0.2) is 65.8 Å². The predicted octanol–water partition coefficient (Wildman–Crippen LogP) is 6.39. The summed E-state index contributed by atoms with van der Waals surface area (Å²) in [6, 6.07) is 17.1. The molecule has 1 atom stereocenters. The number of hydrogen-bond donors (Lipinski definition) is 1. The molecule has 5 rings (SSSR count). The van der Waals surface area contributed by atoms with Crippen LogP contribution in [0.1, 0.15) is 60.2 Å². The molecule has 0 radical (unpaired) electrons. The summed E-state index contributed by atoms with van der Waals surface area (Å²) in [5.74, 6) is -0.0477. The molecular formula is C29H29ClN4O3. The van der Waals surface area contributed by atoms with Crippen molar-refractivity contribution < 1.29 is 14.3 Å². The first-order valence-corrected chi connectivity index (χ1v) is 12.7. The number of ether oxygens (including phenoxy) is 1. The fraction of sp³-hybridized carbons (Fsp3) is 0.310. The van der Waals surface area contributed by atoms with Crippen LogP contribution in [0.5, 0.6) is 0 Å². The molecule has 2 aromatic carbocycles. The Morgan fingerprint density at radius 3 is 2.70 bits per heavy atom. The van der Waals surface area contributed by atoms with Gasteiger partial charge in [-0.15, -0.1) is 0 Å². The molecule has 2 aliphatic heterocycles. The van der Waals surface area contributed by atoms with Gasteiger partial charge in [-0.3, -0.25) is 4.79 Å². The summed E-state index contributed by atoms with van der Waals surface area (Å²) in [6.45, 7) is 6.80. The summed E-state index contributed by atoms with van der Waals surface area (Å²) < 4.78 is 5.51. The zero-order valence-electron chi connectivity index (χ0n) is 21.1. The standard InChI is InChI=1S/C29H29ClN4O3/c1-29(2,3)37-28(36)34-13-11-22(17-34)18-6-4-8-21(14-18)27(35)33-23-9-5-7-20-15-24(32-26(20)23)19-10-12-31-25(30)16-19/h4-10,12,14,16,22H,11,13,15,17H2,1-3H3,(H,33,35). The van der Waals surface area contributed by atoms with Gasteiger partial charge in [-0.05, 0) is 68.7 Å². The van der Waals surface area contributed by atoms with Crippen LogP contribution in [-0.4, -0.2) is 46.3 Å². The largest absolute Gasteiger partial charge is 0.444 e. The van der Waals surface area contributed by atoms with Gasteiger partial charge in [0.15, 0.2) is 0 Å². The van der Waals surface area contributed by atoms with Crippen molar-refractivity contribution in [2.75, 3.05) is 18.4 Å². The van der Waals surface area contributed by atoms with Crippen LogP contribution in [0.3, 0.4) is 0 Å². The van der Waals surface area contributed by atoms with Crippen molar-refractivity contribution >= 4 is 40.7 Å². The molecule has 2 aliphatic rings. The number of likely N-dealkylation sites (tertiary alicyclic amines) is 1. The maximum Gasteiger partial charge on any atom is 0.410 e. The average Bonchev–Trinajstić information content (AvgIpc) is 3.52. The zero-order chi connectivity index (χ0) is 26.2. The van der Waals surface area contributed by atoms with Gasteiger partial charge in [-0.1, -0.05) is 35.9 Å². The van der Waals surface area contributed by atoms with Crippen molar-refractivity contribution in [3.63, 3.8) is 0 Å². The summed E-state index contributed by atoms with van der Waals surface area (Å²) in [5.41, 5.74) is 5.35. The molecule has 1 saturated heterocycles. The number of carbonyl (C=O) groups is 2. The molecule has 2 amide bonds. The number of benzene rings is 2. The maximum absolute atomic E-state index is 13.2. The lowest BCUT2D eigenvalue weighted by atomic mass is 9.96. The third-order valence-corrected chi connectivity index (χ3v) is 6.70. The summed E-state index contributed by atoms with van der Waals surface area (Å²) in [7, 11) is 0. The average molecular weight is 517 g/mol. The van der Waals surface area contributed by atoms with Gasteiger partial charge in [0, 0.05) is 42.8 Å². The molecule has 7 nitrogen and oxygen atoms in total.